The van der Waals surface area contributed by atoms with Gasteiger partial charge < -0.3 is 15.3 Å². The second-order valence-electron chi connectivity index (χ2n) is 11.1. The number of aromatic hydroxyl groups is 3. The highest BCUT2D eigenvalue weighted by Crippen LogP contribution is 2.52. The van der Waals surface area contributed by atoms with Gasteiger partial charge >= 0.3 is 0 Å². The van der Waals surface area contributed by atoms with Crippen LogP contribution in [0.15, 0.2) is 77.9 Å². The molecule has 194 valence electrons. The zero-order valence-corrected chi connectivity index (χ0v) is 22.6. The Morgan fingerprint density at radius 1 is 0.784 bits per heavy atom. The molecule has 0 radical (unpaired) electrons. The Kier molecular flexibility index (Phi) is 7.82. The predicted octanol–water partition coefficient (Wildman–Crippen LogP) is 9.01. The second-order valence-corrected chi connectivity index (χ2v) is 11.1. The summed E-state index contributed by atoms with van der Waals surface area (Å²) in [4.78, 5) is 0. The highest BCUT2D eigenvalue weighted by molar-refractivity contribution is 5.76. The molecule has 37 heavy (non-hydrogen) atoms. The average molecular weight is 497 g/mol. The van der Waals surface area contributed by atoms with Gasteiger partial charge in [-0.05, 0) is 94.5 Å². The molecule has 0 aromatic heterocycles. The molecule has 0 saturated carbocycles. The number of hydrogen-bond donors (Lipinski definition) is 3. The van der Waals surface area contributed by atoms with Gasteiger partial charge in [0.25, 0.3) is 0 Å². The standard InChI is InChI=1S/C34H40O3/c1-20(2)27-15-7-22(5)17-29(27)32-25(12-9-24-10-13-26(35)14-11-24)19-31(36)33(34(32)37)30-18-23(6)8-16-28(30)21(3)4/h9-14,17-19,27-30,35-37H,1,3,7-8,15-16H2,2,4-6H3/b12-9+. The average Bonchev–Trinajstić information content (AvgIpc) is 2.83. The van der Waals surface area contributed by atoms with Gasteiger partial charge in [-0.1, -0.05) is 71.9 Å². The molecule has 3 nitrogen and oxygen atoms in total. The number of allylic oxidation sites excluding steroid dienone is 6. The van der Waals surface area contributed by atoms with Crippen LogP contribution in [0.3, 0.4) is 0 Å². The van der Waals surface area contributed by atoms with Crippen molar-refractivity contribution in [2.45, 2.75) is 65.2 Å². The topological polar surface area (TPSA) is 60.7 Å². The van der Waals surface area contributed by atoms with Crippen LogP contribution in [-0.2, 0) is 0 Å². The van der Waals surface area contributed by atoms with E-state index in [1.165, 1.54) is 11.1 Å². The molecular formula is C34H40O3. The number of benzene rings is 2. The molecule has 0 heterocycles. The van der Waals surface area contributed by atoms with Gasteiger partial charge in [0.1, 0.15) is 17.2 Å². The molecule has 0 saturated heterocycles. The minimum Gasteiger partial charge on any atom is -0.508 e. The summed E-state index contributed by atoms with van der Waals surface area (Å²) < 4.78 is 0. The molecule has 3 heteroatoms. The fourth-order valence-corrected chi connectivity index (χ4v) is 6.11. The van der Waals surface area contributed by atoms with Crippen molar-refractivity contribution in [2.75, 3.05) is 0 Å². The maximum absolute atomic E-state index is 12.0. The van der Waals surface area contributed by atoms with Crippen molar-refractivity contribution < 1.29 is 15.3 Å². The third-order valence-electron chi connectivity index (χ3n) is 8.16. The Hall–Kier alpha value is -3.46. The third-order valence-corrected chi connectivity index (χ3v) is 8.16. The largest absolute Gasteiger partial charge is 0.508 e. The van der Waals surface area contributed by atoms with Crippen molar-refractivity contribution in [1.82, 2.24) is 0 Å². The lowest BCUT2D eigenvalue weighted by molar-refractivity contribution is 0.394. The maximum atomic E-state index is 12.0. The van der Waals surface area contributed by atoms with Gasteiger partial charge in [-0.3, -0.25) is 0 Å². The van der Waals surface area contributed by atoms with Gasteiger partial charge in [-0.25, -0.2) is 0 Å². The Morgan fingerprint density at radius 2 is 1.30 bits per heavy atom. The van der Waals surface area contributed by atoms with Crippen LogP contribution in [0.4, 0.5) is 0 Å². The van der Waals surface area contributed by atoms with Crippen LogP contribution in [0.25, 0.3) is 12.2 Å². The first-order valence-corrected chi connectivity index (χ1v) is 13.3. The highest BCUT2D eigenvalue weighted by Gasteiger charge is 2.35. The van der Waals surface area contributed by atoms with Crippen molar-refractivity contribution >= 4 is 12.2 Å². The van der Waals surface area contributed by atoms with Gasteiger partial charge in [-0.15, -0.1) is 0 Å². The molecule has 4 unspecified atom stereocenters. The number of phenols is 3. The molecule has 4 atom stereocenters. The Bertz CT molecular complexity index is 1290. The molecule has 4 rings (SSSR count). The van der Waals surface area contributed by atoms with E-state index in [9.17, 15) is 15.3 Å². The van der Waals surface area contributed by atoms with Crippen molar-refractivity contribution in [2.24, 2.45) is 11.8 Å². The number of hydrogen-bond acceptors (Lipinski definition) is 3. The molecule has 2 aliphatic rings. The summed E-state index contributed by atoms with van der Waals surface area (Å²) in [6.45, 7) is 16.9. The summed E-state index contributed by atoms with van der Waals surface area (Å²) in [5.41, 5.74) is 7.89. The lowest BCUT2D eigenvalue weighted by atomic mass is 9.70. The van der Waals surface area contributed by atoms with E-state index in [2.05, 4.69) is 46.1 Å². The van der Waals surface area contributed by atoms with Crippen LogP contribution in [0, 0.1) is 11.8 Å². The van der Waals surface area contributed by atoms with E-state index in [1.807, 2.05) is 37.3 Å². The molecule has 2 aromatic carbocycles. The van der Waals surface area contributed by atoms with Gasteiger partial charge in [0, 0.05) is 23.0 Å². The summed E-state index contributed by atoms with van der Waals surface area (Å²) in [6, 6.07) is 8.79. The normalized spacial score (nSPS) is 24.0. The smallest absolute Gasteiger partial charge is 0.127 e. The number of rotatable bonds is 6. The molecule has 0 fully saturated rings. The quantitative estimate of drug-likeness (QED) is 0.276. The minimum atomic E-state index is -0.128. The van der Waals surface area contributed by atoms with Crippen molar-refractivity contribution in [3.8, 4) is 17.2 Å². The van der Waals surface area contributed by atoms with Crippen LogP contribution in [0.2, 0.25) is 0 Å². The van der Waals surface area contributed by atoms with Gasteiger partial charge in [0.05, 0.1) is 0 Å². The molecule has 2 aromatic rings. The summed E-state index contributed by atoms with van der Waals surface area (Å²) in [5, 5.41) is 33.0. The zero-order valence-electron chi connectivity index (χ0n) is 22.6. The summed E-state index contributed by atoms with van der Waals surface area (Å²) in [5.74, 6) is 0.694. The van der Waals surface area contributed by atoms with E-state index >= 15 is 0 Å². The lowest BCUT2D eigenvalue weighted by Crippen LogP contribution is -2.20. The summed E-state index contributed by atoms with van der Waals surface area (Å²) in [7, 11) is 0. The van der Waals surface area contributed by atoms with Crippen molar-refractivity contribution in [3.05, 3.63) is 100 Å². The van der Waals surface area contributed by atoms with Crippen LogP contribution in [0.5, 0.6) is 17.2 Å². The summed E-state index contributed by atoms with van der Waals surface area (Å²) in [6.07, 6.45) is 12.3. The second kappa shape index (κ2) is 10.9. The van der Waals surface area contributed by atoms with Crippen molar-refractivity contribution in [1.29, 1.82) is 0 Å². The third kappa shape index (κ3) is 5.61. The van der Waals surface area contributed by atoms with E-state index < -0.39 is 0 Å². The highest BCUT2D eigenvalue weighted by atomic mass is 16.3. The molecule has 3 N–H and O–H groups in total. The fraction of sp³-hybridized carbons (Fsp3) is 0.353. The fourth-order valence-electron chi connectivity index (χ4n) is 6.11. The van der Waals surface area contributed by atoms with Gasteiger partial charge in [0.2, 0.25) is 0 Å². The first-order valence-electron chi connectivity index (χ1n) is 13.3. The Morgan fingerprint density at radius 3 is 1.81 bits per heavy atom. The van der Waals surface area contributed by atoms with E-state index in [-0.39, 0.29) is 40.9 Å². The molecule has 0 aliphatic heterocycles. The first-order chi connectivity index (χ1) is 17.6. The summed E-state index contributed by atoms with van der Waals surface area (Å²) >= 11 is 0. The molecule has 2 aliphatic carbocycles. The van der Waals surface area contributed by atoms with E-state index in [1.54, 1.807) is 12.1 Å². The molecule has 0 amide bonds. The van der Waals surface area contributed by atoms with Crippen LogP contribution >= 0.6 is 0 Å². The number of phenolic OH excluding ortho intramolecular Hbond substituents is 3. The van der Waals surface area contributed by atoms with Crippen LogP contribution in [0.1, 0.15) is 87.5 Å². The molecular weight excluding hydrogens is 456 g/mol. The van der Waals surface area contributed by atoms with Gasteiger partial charge in [0.15, 0.2) is 0 Å². The maximum Gasteiger partial charge on any atom is 0.127 e. The molecule has 0 spiro atoms. The molecule has 0 bridgehead atoms. The van der Waals surface area contributed by atoms with Crippen LogP contribution < -0.4 is 0 Å². The Balaban J connectivity index is 1.94. The predicted molar refractivity (Wildman–Crippen MR) is 155 cm³/mol. The first kappa shape index (κ1) is 26.6. The van der Waals surface area contributed by atoms with Crippen LogP contribution in [-0.4, -0.2) is 15.3 Å². The van der Waals surface area contributed by atoms with E-state index in [0.717, 1.165) is 53.5 Å². The minimum absolute atomic E-state index is 0.0398. The van der Waals surface area contributed by atoms with Crippen molar-refractivity contribution in [3.63, 3.8) is 0 Å². The lowest BCUT2D eigenvalue weighted by Gasteiger charge is -2.35. The Labute approximate surface area is 221 Å². The van der Waals surface area contributed by atoms with E-state index in [4.69, 9.17) is 0 Å². The SMILES string of the molecule is C=C(C)C1CCC(C)=CC1c1c(O)cc(/C=C/c2ccc(O)cc2)c(C2C=C(C)CCC2C(=C)C)c1O. The monoisotopic (exact) mass is 496 g/mol. The van der Waals surface area contributed by atoms with Gasteiger partial charge in [-0.2, -0.15) is 0 Å². The zero-order chi connectivity index (χ0) is 26.9. The van der Waals surface area contributed by atoms with E-state index in [0.29, 0.717) is 5.56 Å².